The standard InChI is InChI=1S/C38H62O13/c1-16-10-27(41)37(48-14-16)17(2)28-26(51-37)13-22-20-12-25(23-11-19(39)6-8-35(23,4)21(20)7-9-36(22,28)5)50-38(33(46)31(44)29(42)18(3)49-38)34-32(45)30(43)24(40)15-47-34/h16-34,39-46H,6-15H2,1-5H3/t16-,17-,18-,19-,20+,21-,22-,23+,24-,25-,26-,27+,28-,29-,30+,31+,32-,33-,34-,35+,36-,37-,38-/m0/s1. The first kappa shape index (κ1) is 37.4. The molecule has 0 amide bonds. The van der Waals surface area contributed by atoms with E-state index in [0.717, 1.165) is 25.7 Å². The summed E-state index contributed by atoms with van der Waals surface area (Å²) in [6.07, 6.45) is -8.32. The second-order valence-corrected chi connectivity index (χ2v) is 18.7. The zero-order valence-electron chi connectivity index (χ0n) is 30.7. The van der Waals surface area contributed by atoms with Gasteiger partial charge in [-0.05, 0) is 105 Å². The van der Waals surface area contributed by atoms with Crippen LogP contribution >= 0.6 is 0 Å². The molecule has 23 atom stereocenters. The summed E-state index contributed by atoms with van der Waals surface area (Å²) in [4.78, 5) is 0. The van der Waals surface area contributed by atoms with Crippen LogP contribution in [-0.2, 0) is 23.7 Å². The van der Waals surface area contributed by atoms with Crippen molar-refractivity contribution in [3.8, 4) is 0 Å². The topological polar surface area (TPSA) is 208 Å². The van der Waals surface area contributed by atoms with Crippen molar-refractivity contribution in [2.45, 2.75) is 171 Å². The normalized spacial score (nSPS) is 62.9. The van der Waals surface area contributed by atoms with Crippen LogP contribution in [-0.4, -0.2) is 139 Å². The van der Waals surface area contributed by atoms with Gasteiger partial charge in [0.2, 0.25) is 5.79 Å². The zero-order valence-corrected chi connectivity index (χ0v) is 30.7. The van der Waals surface area contributed by atoms with E-state index in [1.165, 1.54) is 6.92 Å². The Bertz CT molecular complexity index is 1310. The number of hydrogen-bond donors (Lipinski definition) is 8. The lowest BCUT2D eigenvalue weighted by Gasteiger charge is -2.64. The molecule has 8 fully saturated rings. The van der Waals surface area contributed by atoms with Crippen LogP contribution in [0, 0.1) is 52.3 Å². The number of fused-ring (bicyclic) bond motifs is 7. The first-order valence-electron chi connectivity index (χ1n) is 19.7. The van der Waals surface area contributed by atoms with Crippen LogP contribution in [0.15, 0.2) is 0 Å². The molecule has 0 aromatic rings. The van der Waals surface area contributed by atoms with E-state index in [1.54, 1.807) is 0 Å². The predicted molar refractivity (Wildman–Crippen MR) is 178 cm³/mol. The van der Waals surface area contributed by atoms with E-state index >= 15 is 0 Å². The molecule has 0 unspecified atom stereocenters. The Morgan fingerprint density at radius 1 is 0.686 bits per heavy atom. The molecule has 8 N–H and O–H groups in total. The maximum atomic E-state index is 11.8. The van der Waals surface area contributed by atoms with Gasteiger partial charge in [0.1, 0.15) is 48.8 Å². The van der Waals surface area contributed by atoms with Crippen molar-refractivity contribution in [2.75, 3.05) is 13.2 Å². The van der Waals surface area contributed by atoms with E-state index in [0.29, 0.717) is 38.2 Å². The smallest absolute Gasteiger partial charge is 0.227 e. The molecule has 8 aliphatic rings. The lowest BCUT2D eigenvalue weighted by molar-refractivity contribution is -0.425. The maximum absolute atomic E-state index is 11.8. The largest absolute Gasteiger partial charge is 0.393 e. The van der Waals surface area contributed by atoms with Crippen molar-refractivity contribution < 1.29 is 64.5 Å². The van der Waals surface area contributed by atoms with E-state index in [2.05, 4.69) is 27.7 Å². The van der Waals surface area contributed by atoms with E-state index in [9.17, 15) is 40.9 Å². The molecule has 13 heteroatoms. The molecule has 8 rings (SSSR count). The van der Waals surface area contributed by atoms with Gasteiger partial charge in [-0.15, -0.1) is 0 Å². The minimum atomic E-state index is -2.21. The molecule has 4 aliphatic carbocycles. The third-order valence-corrected chi connectivity index (χ3v) is 16.1. The van der Waals surface area contributed by atoms with Gasteiger partial charge in [-0.1, -0.05) is 27.7 Å². The van der Waals surface area contributed by atoms with Gasteiger partial charge in [-0.2, -0.15) is 0 Å². The summed E-state index contributed by atoms with van der Waals surface area (Å²) < 4.78 is 32.5. The SMILES string of the molecule is C[C@@H]1CO[C@@]2(O[C@H]3C[C@H]4[C@@H]5C[C@H](O[C@@]6([C@H]7OC[C@H](O)[C@@H](O)[C@@H]7O)O[C@@H](C)[C@H](O)[C@@H](O)[C@@H]6O)[C@H]6C[C@@H](O)CC[C@]6(C)[C@H]5CC[C@]4(C)[C@H]3[C@@H]2C)[C@H](O)C1. The third kappa shape index (κ3) is 5.27. The number of rotatable bonds is 3. The molecule has 4 aliphatic heterocycles. The summed E-state index contributed by atoms with van der Waals surface area (Å²) in [7, 11) is 0. The lowest BCUT2D eigenvalue weighted by atomic mass is 9.43. The summed E-state index contributed by atoms with van der Waals surface area (Å²) in [6, 6.07) is 0. The van der Waals surface area contributed by atoms with Crippen molar-refractivity contribution in [1.82, 2.24) is 0 Å². The van der Waals surface area contributed by atoms with Gasteiger partial charge in [0.25, 0.3) is 0 Å². The van der Waals surface area contributed by atoms with E-state index in [1.807, 2.05) is 0 Å². The zero-order chi connectivity index (χ0) is 36.6. The van der Waals surface area contributed by atoms with Crippen LogP contribution in [0.2, 0.25) is 0 Å². The van der Waals surface area contributed by atoms with Crippen LogP contribution in [0.3, 0.4) is 0 Å². The second-order valence-electron chi connectivity index (χ2n) is 18.7. The van der Waals surface area contributed by atoms with E-state index in [4.69, 9.17) is 23.7 Å². The van der Waals surface area contributed by atoms with Gasteiger partial charge >= 0.3 is 0 Å². The second kappa shape index (κ2) is 12.8. The molecule has 4 saturated heterocycles. The van der Waals surface area contributed by atoms with E-state index in [-0.39, 0.29) is 59.0 Å². The molecular weight excluding hydrogens is 664 g/mol. The van der Waals surface area contributed by atoms with Crippen LogP contribution in [0.4, 0.5) is 0 Å². The maximum Gasteiger partial charge on any atom is 0.227 e. The summed E-state index contributed by atoms with van der Waals surface area (Å²) in [5, 5.41) is 88.4. The number of ether oxygens (including phenoxy) is 5. The fraction of sp³-hybridized carbons (Fsp3) is 1.00. The molecule has 0 aromatic carbocycles. The Morgan fingerprint density at radius 2 is 1.41 bits per heavy atom. The van der Waals surface area contributed by atoms with Crippen molar-refractivity contribution in [3.63, 3.8) is 0 Å². The van der Waals surface area contributed by atoms with Gasteiger partial charge in [-0.25, -0.2) is 0 Å². The molecule has 51 heavy (non-hydrogen) atoms. The van der Waals surface area contributed by atoms with Gasteiger partial charge in [-0.3, -0.25) is 0 Å². The summed E-state index contributed by atoms with van der Waals surface area (Å²) in [5.74, 6) is -2.15. The number of aliphatic hydroxyl groups excluding tert-OH is 8. The van der Waals surface area contributed by atoms with E-state index < -0.39 is 78.7 Å². The predicted octanol–water partition coefficient (Wildman–Crippen LogP) is 0.439. The Morgan fingerprint density at radius 3 is 2.14 bits per heavy atom. The van der Waals surface area contributed by atoms with Gasteiger partial charge < -0.3 is 64.5 Å². The van der Waals surface area contributed by atoms with Crippen LogP contribution in [0.25, 0.3) is 0 Å². The van der Waals surface area contributed by atoms with Crippen LogP contribution in [0.1, 0.15) is 86.0 Å². The average Bonchev–Trinajstić information content (AvgIpc) is 3.54. The number of aliphatic hydroxyl groups is 8. The first-order chi connectivity index (χ1) is 24.0. The monoisotopic (exact) mass is 726 g/mol. The summed E-state index contributed by atoms with van der Waals surface area (Å²) >= 11 is 0. The highest BCUT2D eigenvalue weighted by atomic mass is 16.7. The van der Waals surface area contributed by atoms with Gasteiger partial charge in [0, 0.05) is 5.92 Å². The molecule has 4 heterocycles. The highest BCUT2D eigenvalue weighted by Crippen LogP contribution is 2.72. The third-order valence-electron chi connectivity index (χ3n) is 16.1. The highest BCUT2D eigenvalue weighted by Gasteiger charge is 2.72. The number of hydrogen-bond acceptors (Lipinski definition) is 13. The molecule has 292 valence electrons. The van der Waals surface area contributed by atoms with Gasteiger partial charge in [0.05, 0.1) is 37.6 Å². The fourth-order valence-electron chi connectivity index (χ4n) is 13.5. The average molecular weight is 727 g/mol. The molecule has 1 spiro atoms. The summed E-state index contributed by atoms with van der Waals surface area (Å²) in [6.45, 7) is 10.7. The molecular formula is C38H62O13. The van der Waals surface area contributed by atoms with Crippen LogP contribution < -0.4 is 0 Å². The van der Waals surface area contributed by atoms with Gasteiger partial charge in [0.15, 0.2) is 5.79 Å². The van der Waals surface area contributed by atoms with Crippen molar-refractivity contribution in [2.24, 2.45) is 52.3 Å². The highest BCUT2D eigenvalue weighted by molar-refractivity contribution is 5.18. The lowest BCUT2D eigenvalue weighted by Crippen LogP contribution is -2.75. The fourth-order valence-corrected chi connectivity index (χ4v) is 13.5. The Balaban J connectivity index is 1.15. The van der Waals surface area contributed by atoms with Crippen LogP contribution in [0.5, 0.6) is 0 Å². The van der Waals surface area contributed by atoms with Crippen molar-refractivity contribution in [1.29, 1.82) is 0 Å². The minimum Gasteiger partial charge on any atom is -0.393 e. The molecule has 4 saturated carbocycles. The molecule has 0 bridgehead atoms. The van der Waals surface area contributed by atoms with Crippen molar-refractivity contribution in [3.05, 3.63) is 0 Å². The Hall–Kier alpha value is -0.520. The quantitative estimate of drug-likeness (QED) is 0.186. The molecule has 0 radical (unpaired) electrons. The van der Waals surface area contributed by atoms with Crippen molar-refractivity contribution >= 4 is 0 Å². The summed E-state index contributed by atoms with van der Waals surface area (Å²) in [5.41, 5.74) is -0.343. The Kier molecular flexibility index (Phi) is 9.36. The molecule has 13 nitrogen and oxygen atoms in total. The minimum absolute atomic E-state index is 0.00414. The first-order valence-corrected chi connectivity index (χ1v) is 19.7. The molecule has 0 aromatic heterocycles. The Labute approximate surface area is 300 Å².